The molecule has 0 heterocycles. The van der Waals surface area contributed by atoms with Crippen LogP contribution in [0, 0.1) is 0 Å². The molecule has 70 valence electrons. The molecular weight excluding hydrogens is 156 g/mol. The van der Waals surface area contributed by atoms with Gasteiger partial charge in [0.15, 0.2) is 0 Å². The molecule has 0 nitrogen and oxygen atoms in total. The molecule has 0 fully saturated rings. The Labute approximate surface area is 81.7 Å². The quantitative estimate of drug-likeness (QED) is 0.560. The first kappa shape index (κ1) is 11.7. The first-order chi connectivity index (χ1) is 6.17. The van der Waals surface area contributed by atoms with Crippen molar-refractivity contribution >= 4 is 0 Å². The molecular formula is C13H18. The van der Waals surface area contributed by atoms with E-state index in [-0.39, 0.29) is 0 Å². The van der Waals surface area contributed by atoms with E-state index in [0.29, 0.717) is 0 Å². The minimum absolute atomic E-state index is 1.19. The summed E-state index contributed by atoms with van der Waals surface area (Å²) in [5, 5.41) is 0. The molecule has 0 radical (unpaired) electrons. The summed E-state index contributed by atoms with van der Waals surface area (Å²) < 4.78 is 0. The third kappa shape index (κ3) is 3.75. The van der Waals surface area contributed by atoms with Crippen molar-refractivity contribution in [3.8, 4) is 0 Å². The molecule has 0 saturated heterocycles. The zero-order valence-corrected chi connectivity index (χ0v) is 8.80. The highest BCUT2D eigenvalue weighted by molar-refractivity contribution is 5.45. The van der Waals surface area contributed by atoms with Crippen LogP contribution in [0.4, 0.5) is 0 Å². The van der Waals surface area contributed by atoms with E-state index in [1.807, 2.05) is 19.1 Å². The number of hydrogen-bond acceptors (Lipinski definition) is 0. The zero-order valence-electron chi connectivity index (χ0n) is 8.80. The van der Waals surface area contributed by atoms with Gasteiger partial charge in [-0.05, 0) is 37.5 Å². The number of hydrogen-bond donors (Lipinski definition) is 0. The van der Waals surface area contributed by atoms with Gasteiger partial charge in [0.1, 0.15) is 0 Å². The van der Waals surface area contributed by atoms with Gasteiger partial charge in [0.25, 0.3) is 0 Å². The smallest absolute Gasteiger partial charge is 0.0202 e. The fraction of sp³-hybridized carbons (Fsp3) is 0.231. The van der Waals surface area contributed by atoms with Crippen LogP contribution in [0.15, 0.2) is 60.3 Å². The molecule has 0 aliphatic heterocycles. The normalized spacial score (nSPS) is 14.2. The lowest BCUT2D eigenvalue weighted by Gasteiger charge is -2.04. The van der Waals surface area contributed by atoms with Gasteiger partial charge >= 0.3 is 0 Å². The van der Waals surface area contributed by atoms with Gasteiger partial charge in [-0.3, -0.25) is 0 Å². The van der Waals surface area contributed by atoms with Crippen molar-refractivity contribution in [3.05, 3.63) is 60.3 Å². The Morgan fingerprint density at radius 1 is 1.15 bits per heavy atom. The lowest BCUT2D eigenvalue weighted by Crippen LogP contribution is -1.85. The monoisotopic (exact) mass is 174 g/mol. The Balaban J connectivity index is 5.09. The van der Waals surface area contributed by atoms with Gasteiger partial charge in [0.2, 0.25) is 0 Å². The van der Waals surface area contributed by atoms with Gasteiger partial charge in [-0.2, -0.15) is 0 Å². The summed E-state index contributed by atoms with van der Waals surface area (Å²) in [4.78, 5) is 0. The van der Waals surface area contributed by atoms with Crippen molar-refractivity contribution in [2.24, 2.45) is 0 Å². The molecule has 0 aromatic heterocycles. The number of allylic oxidation sites excluding steroid dienone is 8. The Kier molecular flexibility index (Phi) is 5.62. The minimum atomic E-state index is 1.19. The Hall–Kier alpha value is -1.30. The van der Waals surface area contributed by atoms with E-state index in [4.69, 9.17) is 0 Å². The van der Waals surface area contributed by atoms with E-state index in [0.717, 1.165) is 0 Å². The van der Waals surface area contributed by atoms with Crippen LogP contribution in [-0.2, 0) is 0 Å². The lowest BCUT2D eigenvalue weighted by molar-refractivity contribution is 1.33. The van der Waals surface area contributed by atoms with Gasteiger partial charge in [-0.25, -0.2) is 0 Å². The van der Waals surface area contributed by atoms with E-state index >= 15 is 0 Å². The van der Waals surface area contributed by atoms with Gasteiger partial charge in [-0.1, -0.05) is 43.5 Å². The molecule has 0 heteroatoms. The maximum atomic E-state index is 3.76. The molecule has 0 saturated carbocycles. The fourth-order valence-electron chi connectivity index (χ4n) is 1.00. The average Bonchev–Trinajstić information content (AvgIpc) is 2.17. The van der Waals surface area contributed by atoms with E-state index in [2.05, 4.69) is 39.2 Å². The Bertz CT molecular complexity index is 272. The molecule has 0 aromatic carbocycles. The van der Waals surface area contributed by atoms with Gasteiger partial charge < -0.3 is 0 Å². The topological polar surface area (TPSA) is 0 Å². The fourth-order valence-corrected chi connectivity index (χ4v) is 1.00. The third-order valence-corrected chi connectivity index (χ3v) is 1.99. The highest BCUT2D eigenvalue weighted by Gasteiger charge is 1.96. The lowest BCUT2D eigenvalue weighted by atomic mass is 10.0. The van der Waals surface area contributed by atoms with Crippen LogP contribution in [0.3, 0.4) is 0 Å². The molecule has 0 unspecified atom stereocenters. The second kappa shape index (κ2) is 6.24. The second-order valence-electron chi connectivity index (χ2n) is 2.87. The van der Waals surface area contributed by atoms with Crippen molar-refractivity contribution in [1.82, 2.24) is 0 Å². The predicted octanol–water partition coefficient (Wildman–Crippen LogP) is 4.20. The van der Waals surface area contributed by atoms with Gasteiger partial charge in [0, 0.05) is 0 Å². The van der Waals surface area contributed by atoms with Crippen LogP contribution in [0.2, 0.25) is 0 Å². The maximum Gasteiger partial charge on any atom is -0.0202 e. The molecule has 0 aromatic rings. The van der Waals surface area contributed by atoms with E-state index in [1.54, 1.807) is 6.08 Å². The average molecular weight is 174 g/mol. The van der Waals surface area contributed by atoms with Crippen molar-refractivity contribution in [2.75, 3.05) is 0 Å². The van der Waals surface area contributed by atoms with Gasteiger partial charge in [0.05, 0.1) is 0 Å². The summed E-state index contributed by atoms with van der Waals surface area (Å²) in [6.07, 6.45) is 9.74. The van der Waals surface area contributed by atoms with Gasteiger partial charge in [-0.15, -0.1) is 0 Å². The van der Waals surface area contributed by atoms with Crippen molar-refractivity contribution in [3.63, 3.8) is 0 Å². The van der Waals surface area contributed by atoms with E-state index in [1.165, 1.54) is 16.7 Å². The molecule has 0 bridgehead atoms. The molecule has 0 aliphatic carbocycles. The maximum absolute atomic E-state index is 3.76. The summed E-state index contributed by atoms with van der Waals surface area (Å²) in [7, 11) is 0. The molecule has 0 amide bonds. The zero-order chi connectivity index (χ0) is 10.3. The van der Waals surface area contributed by atoms with Crippen LogP contribution in [0.25, 0.3) is 0 Å². The molecule has 0 spiro atoms. The Morgan fingerprint density at radius 2 is 1.77 bits per heavy atom. The molecule has 0 atom stereocenters. The SMILES string of the molecule is C=C\C=C/C(C(/C)=C\C)=C(\C)C=C. The van der Waals surface area contributed by atoms with E-state index < -0.39 is 0 Å². The Morgan fingerprint density at radius 3 is 2.15 bits per heavy atom. The third-order valence-electron chi connectivity index (χ3n) is 1.99. The molecule has 0 N–H and O–H groups in total. The van der Waals surface area contributed by atoms with Crippen LogP contribution < -0.4 is 0 Å². The van der Waals surface area contributed by atoms with Crippen LogP contribution in [0.1, 0.15) is 20.8 Å². The van der Waals surface area contributed by atoms with E-state index in [9.17, 15) is 0 Å². The summed E-state index contributed by atoms with van der Waals surface area (Å²) in [6, 6.07) is 0. The predicted molar refractivity (Wildman–Crippen MR) is 61.7 cm³/mol. The molecule has 13 heavy (non-hydrogen) atoms. The standard InChI is InChI=1S/C13H18/c1-6-9-10-13(11(4)7-2)12(5)8-3/h6-10H,1-2H2,3-5H3/b10-9-,12-8-,13-11-. The number of rotatable bonds is 4. The first-order valence-corrected chi connectivity index (χ1v) is 4.43. The van der Waals surface area contributed by atoms with Crippen molar-refractivity contribution < 1.29 is 0 Å². The summed E-state index contributed by atoms with van der Waals surface area (Å²) >= 11 is 0. The van der Waals surface area contributed by atoms with Crippen LogP contribution in [0.5, 0.6) is 0 Å². The first-order valence-electron chi connectivity index (χ1n) is 4.43. The highest BCUT2D eigenvalue weighted by atomic mass is 14.0. The largest absolute Gasteiger partial charge is 0.0991 e. The van der Waals surface area contributed by atoms with Crippen molar-refractivity contribution in [2.45, 2.75) is 20.8 Å². The van der Waals surface area contributed by atoms with Crippen LogP contribution >= 0.6 is 0 Å². The summed E-state index contributed by atoms with van der Waals surface area (Å²) in [5.74, 6) is 0. The summed E-state index contributed by atoms with van der Waals surface area (Å²) in [5.41, 5.74) is 3.67. The van der Waals surface area contributed by atoms with Crippen molar-refractivity contribution in [1.29, 1.82) is 0 Å². The molecule has 0 aliphatic rings. The second-order valence-corrected chi connectivity index (χ2v) is 2.87. The summed E-state index contributed by atoms with van der Waals surface area (Å²) in [6.45, 7) is 13.6. The molecule has 0 rings (SSSR count). The van der Waals surface area contributed by atoms with Crippen LogP contribution in [-0.4, -0.2) is 0 Å². The minimum Gasteiger partial charge on any atom is -0.0991 e. The highest BCUT2D eigenvalue weighted by Crippen LogP contribution is 2.16.